The molecule has 0 spiro atoms. The maximum Gasteiger partial charge on any atom is 0.252 e. The molecule has 7 heteroatoms. The van der Waals surface area contributed by atoms with E-state index in [0.717, 1.165) is 17.0 Å². The number of aromatic nitrogens is 3. The molecular weight excluding hydrogens is 272 g/mol. The molecule has 0 atom stereocenters. The number of nitrogens with zero attached hydrogens (tertiary/aromatic N) is 2. The summed E-state index contributed by atoms with van der Waals surface area (Å²) in [4.78, 5) is 22.9. The van der Waals surface area contributed by atoms with Gasteiger partial charge in [0, 0.05) is 18.0 Å². The summed E-state index contributed by atoms with van der Waals surface area (Å²) in [7, 11) is 1.56. The van der Waals surface area contributed by atoms with Crippen LogP contribution in [0.2, 0.25) is 0 Å². The summed E-state index contributed by atoms with van der Waals surface area (Å²) in [5.41, 5.74) is 2.65. The molecule has 2 aromatic heterocycles. The number of hydrogen-bond acceptors (Lipinski definition) is 5. The fraction of sp³-hybridized carbons (Fsp3) is 0.357. The van der Waals surface area contributed by atoms with Gasteiger partial charge in [0.25, 0.3) is 5.91 Å². The fourth-order valence-electron chi connectivity index (χ4n) is 1.65. The number of amides is 1. The van der Waals surface area contributed by atoms with Gasteiger partial charge in [0.05, 0.1) is 19.4 Å². The van der Waals surface area contributed by atoms with Crippen molar-refractivity contribution in [1.29, 1.82) is 0 Å². The van der Waals surface area contributed by atoms with E-state index < -0.39 is 0 Å². The highest BCUT2D eigenvalue weighted by Gasteiger charge is 2.07. The molecule has 0 radical (unpaired) electrons. The highest BCUT2D eigenvalue weighted by molar-refractivity contribution is 5.90. The summed E-state index contributed by atoms with van der Waals surface area (Å²) in [6.07, 6.45) is 1.65. The van der Waals surface area contributed by atoms with Crippen molar-refractivity contribution < 1.29 is 14.3 Å². The lowest BCUT2D eigenvalue weighted by molar-refractivity contribution is -0.121. The van der Waals surface area contributed by atoms with E-state index in [1.807, 2.05) is 19.9 Å². The van der Waals surface area contributed by atoms with E-state index in [-0.39, 0.29) is 12.5 Å². The molecule has 0 saturated heterocycles. The van der Waals surface area contributed by atoms with Crippen LogP contribution in [0.5, 0.6) is 5.88 Å². The maximum absolute atomic E-state index is 11.7. The van der Waals surface area contributed by atoms with Crippen molar-refractivity contribution in [3.63, 3.8) is 0 Å². The van der Waals surface area contributed by atoms with Gasteiger partial charge in [-0.2, -0.15) is 0 Å². The molecule has 2 rings (SSSR count). The Morgan fingerprint density at radius 2 is 2.19 bits per heavy atom. The Hall–Kier alpha value is -2.41. The molecule has 0 aliphatic rings. The third-order valence-electron chi connectivity index (χ3n) is 2.89. The van der Waals surface area contributed by atoms with Crippen LogP contribution >= 0.6 is 0 Å². The van der Waals surface area contributed by atoms with Crippen LogP contribution < -0.4 is 10.1 Å². The second-order valence-electron chi connectivity index (χ2n) is 4.55. The Morgan fingerprint density at radius 3 is 2.76 bits per heavy atom. The largest absolute Gasteiger partial charge is 0.481 e. The molecule has 0 aliphatic carbocycles. The average molecular weight is 290 g/mol. The summed E-state index contributed by atoms with van der Waals surface area (Å²) in [6.45, 7) is 4.02. The van der Waals surface area contributed by atoms with Gasteiger partial charge in [0.1, 0.15) is 6.61 Å². The fourth-order valence-corrected chi connectivity index (χ4v) is 1.65. The first kappa shape index (κ1) is 15.0. The third-order valence-corrected chi connectivity index (χ3v) is 2.89. The molecule has 0 saturated carbocycles. The molecule has 2 aromatic rings. The number of H-pyrrole nitrogens is 1. The number of hydrogen-bond donors (Lipinski definition) is 2. The second-order valence-corrected chi connectivity index (χ2v) is 4.55. The molecule has 7 nitrogen and oxygen atoms in total. The Morgan fingerprint density at radius 1 is 1.38 bits per heavy atom. The van der Waals surface area contributed by atoms with E-state index in [1.54, 1.807) is 19.4 Å². The van der Waals surface area contributed by atoms with Gasteiger partial charge in [0.15, 0.2) is 0 Å². The Kier molecular flexibility index (Phi) is 4.89. The minimum Gasteiger partial charge on any atom is -0.481 e. The van der Waals surface area contributed by atoms with Gasteiger partial charge in [-0.3, -0.25) is 10.1 Å². The van der Waals surface area contributed by atoms with Crippen molar-refractivity contribution in [1.82, 2.24) is 15.0 Å². The standard InChI is InChI=1S/C14H18N4O3/c1-9-10(2)17-14(16-9)18-12(19)8-21-7-11-4-5-13(20-3)15-6-11/h4-6H,7-8H2,1-3H3,(H2,16,17,18,19). The Balaban J connectivity index is 1.76. The number of methoxy groups -OCH3 is 1. The highest BCUT2D eigenvalue weighted by Crippen LogP contribution is 2.08. The third kappa shape index (κ3) is 4.28. The van der Waals surface area contributed by atoms with Gasteiger partial charge >= 0.3 is 0 Å². The van der Waals surface area contributed by atoms with Crippen molar-refractivity contribution in [2.75, 3.05) is 19.0 Å². The SMILES string of the molecule is COc1ccc(COCC(=O)Nc2nc(C)c(C)[nH]2)cn1. The van der Waals surface area contributed by atoms with Crippen LogP contribution in [0.25, 0.3) is 0 Å². The van der Waals surface area contributed by atoms with E-state index in [9.17, 15) is 4.79 Å². The molecule has 2 N–H and O–H groups in total. The summed E-state index contributed by atoms with van der Waals surface area (Å²) >= 11 is 0. The van der Waals surface area contributed by atoms with Crippen molar-refractivity contribution in [3.8, 4) is 5.88 Å². The molecule has 21 heavy (non-hydrogen) atoms. The van der Waals surface area contributed by atoms with Crippen LogP contribution in [0.15, 0.2) is 18.3 Å². The average Bonchev–Trinajstić information content (AvgIpc) is 2.78. The minimum absolute atomic E-state index is 0.0508. The van der Waals surface area contributed by atoms with E-state index in [1.165, 1.54) is 0 Å². The van der Waals surface area contributed by atoms with Crippen LogP contribution in [-0.4, -0.2) is 34.6 Å². The zero-order valence-electron chi connectivity index (χ0n) is 12.3. The molecule has 0 aromatic carbocycles. The normalized spacial score (nSPS) is 10.4. The van der Waals surface area contributed by atoms with Crippen LogP contribution in [-0.2, 0) is 16.1 Å². The minimum atomic E-state index is -0.259. The quantitative estimate of drug-likeness (QED) is 0.843. The molecular formula is C14H18N4O3. The number of imidazole rings is 1. The topological polar surface area (TPSA) is 89.1 Å². The zero-order valence-corrected chi connectivity index (χ0v) is 12.3. The lowest BCUT2D eigenvalue weighted by Crippen LogP contribution is -2.19. The molecule has 0 unspecified atom stereocenters. The van der Waals surface area contributed by atoms with Crippen molar-refractivity contribution in [2.24, 2.45) is 0 Å². The molecule has 1 amide bonds. The summed E-state index contributed by atoms with van der Waals surface area (Å²) in [5.74, 6) is 0.718. The second kappa shape index (κ2) is 6.85. The number of aryl methyl sites for hydroxylation is 2. The van der Waals surface area contributed by atoms with Crippen molar-refractivity contribution in [2.45, 2.75) is 20.5 Å². The lowest BCUT2D eigenvalue weighted by Gasteiger charge is -2.05. The van der Waals surface area contributed by atoms with Gasteiger partial charge in [-0.1, -0.05) is 0 Å². The monoisotopic (exact) mass is 290 g/mol. The predicted molar refractivity (Wildman–Crippen MR) is 77.1 cm³/mol. The number of carbonyl (C=O) groups excluding carboxylic acids is 1. The highest BCUT2D eigenvalue weighted by atomic mass is 16.5. The summed E-state index contributed by atoms with van der Waals surface area (Å²) in [6, 6.07) is 3.58. The van der Waals surface area contributed by atoms with Crippen LogP contribution in [0.4, 0.5) is 5.95 Å². The number of ether oxygens (including phenoxy) is 2. The van der Waals surface area contributed by atoms with E-state index in [4.69, 9.17) is 9.47 Å². The maximum atomic E-state index is 11.7. The number of rotatable bonds is 6. The number of anilines is 1. The van der Waals surface area contributed by atoms with E-state index in [0.29, 0.717) is 18.4 Å². The summed E-state index contributed by atoms with van der Waals surface area (Å²) < 4.78 is 10.3. The smallest absolute Gasteiger partial charge is 0.252 e. The first-order valence-electron chi connectivity index (χ1n) is 6.48. The number of aromatic amines is 1. The predicted octanol–water partition coefficient (Wildman–Crippen LogP) is 1.59. The van der Waals surface area contributed by atoms with Gasteiger partial charge < -0.3 is 14.5 Å². The first-order chi connectivity index (χ1) is 10.1. The van der Waals surface area contributed by atoms with Gasteiger partial charge in [-0.15, -0.1) is 0 Å². The van der Waals surface area contributed by atoms with Gasteiger partial charge in [-0.25, -0.2) is 9.97 Å². The first-order valence-corrected chi connectivity index (χ1v) is 6.48. The lowest BCUT2D eigenvalue weighted by atomic mass is 10.3. The number of carbonyl (C=O) groups is 1. The Bertz CT molecular complexity index is 588. The van der Waals surface area contributed by atoms with Crippen LogP contribution in [0.1, 0.15) is 17.0 Å². The van der Waals surface area contributed by atoms with Gasteiger partial charge in [-0.05, 0) is 25.5 Å². The number of pyridine rings is 1. The molecule has 0 fully saturated rings. The van der Waals surface area contributed by atoms with E-state index >= 15 is 0 Å². The number of nitrogens with one attached hydrogen (secondary N) is 2. The van der Waals surface area contributed by atoms with Crippen LogP contribution in [0.3, 0.4) is 0 Å². The molecule has 0 aliphatic heterocycles. The zero-order chi connectivity index (χ0) is 15.2. The van der Waals surface area contributed by atoms with Crippen molar-refractivity contribution >= 4 is 11.9 Å². The molecule has 112 valence electrons. The van der Waals surface area contributed by atoms with Gasteiger partial charge in [0.2, 0.25) is 11.8 Å². The van der Waals surface area contributed by atoms with E-state index in [2.05, 4.69) is 20.3 Å². The Labute approximate surface area is 122 Å². The summed E-state index contributed by atoms with van der Waals surface area (Å²) in [5, 5.41) is 2.64. The van der Waals surface area contributed by atoms with Crippen molar-refractivity contribution in [3.05, 3.63) is 35.3 Å². The molecule has 0 bridgehead atoms. The molecule has 2 heterocycles. The van der Waals surface area contributed by atoms with Crippen LogP contribution in [0, 0.1) is 13.8 Å².